The maximum absolute atomic E-state index is 3.67. The van der Waals surface area contributed by atoms with E-state index in [-0.39, 0.29) is 0 Å². The molecule has 2 aromatic rings. The molecule has 1 heterocycles. The predicted molar refractivity (Wildman–Crippen MR) is 89.5 cm³/mol. The van der Waals surface area contributed by atoms with Gasteiger partial charge < -0.3 is 0 Å². The Labute approximate surface area is 125 Å². The van der Waals surface area contributed by atoms with Crippen LogP contribution in [0.4, 0.5) is 0 Å². The average molecular weight is 274 g/mol. The van der Waals surface area contributed by atoms with Crippen LogP contribution >= 0.6 is 0 Å². The Hall–Kier alpha value is -1.70. The topological polar surface area (TPSA) is 25.8 Å². The van der Waals surface area contributed by atoms with E-state index in [1.165, 1.54) is 6.33 Å². The van der Waals surface area contributed by atoms with E-state index in [1.54, 1.807) is 18.5 Å². The number of aromatic nitrogens is 2. The van der Waals surface area contributed by atoms with Crippen LogP contribution in [0, 0.1) is 11.8 Å². The summed E-state index contributed by atoms with van der Waals surface area (Å²) in [6.07, 6.45) is 4.88. The van der Waals surface area contributed by atoms with Crippen LogP contribution in [0.2, 0.25) is 0 Å². The molecule has 0 saturated carbocycles. The maximum Gasteiger partial charge on any atom is 0.115 e. The second-order valence-corrected chi connectivity index (χ2v) is 5.52. The first-order valence-corrected chi connectivity index (χ1v) is 7.16. The van der Waals surface area contributed by atoms with Gasteiger partial charge in [0.05, 0.1) is 0 Å². The van der Waals surface area contributed by atoms with Gasteiger partial charge >= 0.3 is 0 Å². The number of rotatable bonds is 0. The van der Waals surface area contributed by atoms with Crippen molar-refractivity contribution in [3.8, 4) is 0 Å². The molecule has 2 rings (SSSR count). The lowest BCUT2D eigenvalue weighted by atomic mass is 10.3. The van der Waals surface area contributed by atoms with Crippen LogP contribution in [0.25, 0.3) is 0 Å². The van der Waals surface area contributed by atoms with Gasteiger partial charge in [0.25, 0.3) is 0 Å². The van der Waals surface area contributed by atoms with Crippen molar-refractivity contribution in [1.82, 2.24) is 9.97 Å². The van der Waals surface area contributed by atoms with Crippen LogP contribution < -0.4 is 0 Å². The summed E-state index contributed by atoms with van der Waals surface area (Å²) in [6.45, 7) is 13.0. The molecule has 0 bridgehead atoms. The highest BCUT2D eigenvalue weighted by Gasteiger charge is 1.68. The lowest BCUT2D eigenvalue weighted by Gasteiger charge is -1.79. The first kappa shape index (κ1) is 20.6. The minimum atomic E-state index is 0.833. The van der Waals surface area contributed by atoms with E-state index in [1.807, 2.05) is 36.4 Å². The number of benzene rings is 1. The fraction of sp³-hybridized carbons (Fsp3) is 0.444. The van der Waals surface area contributed by atoms with Gasteiger partial charge in [0.2, 0.25) is 0 Å². The molecule has 2 heteroatoms. The molecule has 2 nitrogen and oxygen atoms in total. The van der Waals surface area contributed by atoms with E-state index in [0.717, 1.165) is 11.8 Å². The van der Waals surface area contributed by atoms with E-state index in [0.29, 0.717) is 0 Å². The molecule has 0 unspecified atom stereocenters. The van der Waals surface area contributed by atoms with Crippen LogP contribution in [0.3, 0.4) is 0 Å². The molecule has 0 spiro atoms. The standard InChI is InChI=1S/C6H6.C4H4N2.2C4H10/c1-2-4-6-5-3-1;1-2-5-4-6-3-1;2*1-4(2)3/h1-6H;1-4H;2*4H,1-3H3. The van der Waals surface area contributed by atoms with Gasteiger partial charge in [0.15, 0.2) is 0 Å². The highest BCUT2D eigenvalue weighted by Crippen LogP contribution is 1.81. The first-order valence-electron chi connectivity index (χ1n) is 7.16. The SMILES string of the molecule is CC(C)C.CC(C)C.c1ccccc1.c1cncnc1. The third kappa shape index (κ3) is 36.0. The van der Waals surface area contributed by atoms with E-state index in [2.05, 4.69) is 51.5 Å². The minimum absolute atomic E-state index is 0.833. The summed E-state index contributed by atoms with van der Waals surface area (Å²) in [7, 11) is 0. The van der Waals surface area contributed by atoms with Crippen molar-refractivity contribution in [2.75, 3.05) is 0 Å². The quantitative estimate of drug-likeness (QED) is 0.635. The highest BCUT2D eigenvalue weighted by molar-refractivity contribution is 4.99. The highest BCUT2D eigenvalue weighted by atomic mass is 14.8. The zero-order valence-corrected chi connectivity index (χ0v) is 13.8. The third-order valence-electron chi connectivity index (χ3n) is 1.14. The number of hydrogen-bond donors (Lipinski definition) is 0. The average Bonchev–Trinajstić information content (AvgIpc) is 2.42. The zero-order valence-electron chi connectivity index (χ0n) is 13.8. The normalized spacial score (nSPS) is 8.40. The largest absolute Gasteiger partial charge is 0.245 e. The lowest BCUT2D eigenvalue weighted by Crippen LogP contribution is -1.66. The van der Waals surface area contributed by atoms with Crippen molar-refractivity contribution in [3.63, 3.8) is 0 Å². The fourth-order valence-electron chi connectivity index (χ4n) is 0.638. The fourth-order valence-corrected chi connectivity index (χ4v) is 0.638. The molecular weight excluding hydrogens is 244 g/mol. The van der Waals surface area contributed by atoms with Crippen LogP contribution in [-0.4, -0.2) is 9.97 Å². The van der Waals surface area contributed by atoms with Gasteiger partial charge in [0.1, 0.15) is 6.33 Å². The summed E-state index contributed by atoms with van der Waals surface area (Å²) < 4.78 is 0. The Morgan fingerprint density at radius 1 is 0.500 bits per heavy atom. The molecule has 0 radical (unpaired) electrons. The second-order valence-electron chi connectivity index (χ2n) is 5.52. The molecule has 0 atom stereocenters. The molecular formula is C18H30N2. The summed E-state index contributed by atoms with van der Waals surface area (Å²) >= 11 is 0. The van der Waals surface area contributed by atoms with E-state index in [4.69, 9.17) is 0 Å². The molecule has 0 aliphatic carbocycles. The molecule has 0 N–H and O–H groups in total. The summed E-state index contributed by atoms with van der Waals surface area (Å²) in [4.78, 5) is 7.35. The summed E-state index contributed by atoms with van der Waals surface area (Å²) in [5, 5.41) is 0. The Morgan fingerprint density at radius 3 is 0.850 bits per heavy atom. The summed E-state index contributed by atoms with van der Waals surface area (Å²) in [5.41, 5.74) is 0. The van der Waals surface area contributed by atoms with Gasteiger partial charge in [0, 0.05) is 12.4 Å². The van der Waals surface area contributed by atoms with Crippen molar-refractivity contribution in [3.05, 3.63) is 61.2 Å². The van der Waals surface area contributed by atoms with Crippen molar-refractivity contribution in [2.45, 2.75) is 41.5 Å². The Morgan fingerprint density at radius 2 is 0.750 bits per heavy atom. The Kier molecular flexibility index (Phi) is 17.8. The molecule has 0 aliphatic rings. The van der Waals surface area contributed by atoms with Gasteiger partial charge in [-0.05, 0) is 17.9 Å². The van der Waals surface area contributed by atoms with E-state index in [9.17, 15) is 0 Å². The van der Waals surface area contributed by atoms with Crippen LogP contribution in [0.1, 0.15) is 41.5 Å². The molecule has 1 aromatic heterocycles. The monoisotopic (exact) mass is 274 g/mol. The number of hydrogen-bond acceptors (Lipinski definition) is 2. The van der Waals surface area contributed by atoms with E-state index >= 15 is 0 Å². The smallest absolute Gasteiger partial charge is 0.115 e. The summed E-state index contributed by atoms with van der Waals surface area (Å²) in [6, 6.07) is 13.8. The first-order chi connectivity index (χ1) is 9.46. The summed E-state index contributed by atoms with van der Waals surface area (Å²) in [5.74, 6) is 1.67. The van der Waals surface area contributed by atoms with Crippen LogP contribution in [0.5, 0.6) is 0 Å². The van der Waals surface area contributed by atoms with Crippen molar-refractivity contribution >= 4 is 0 Å². The Bertz CT molecular complexity index is 248. The molecule has 20 heavy (non-hydrogen) atoms. The van der Waals surface area contributed by atoms with Gasteiger partial charge in [-0.3, -0.25) is 0 Å². The van der Waals surface area contributed by atoms with Gasteiger partial charge in [-0.2, -0.15) is 0 Å². The maximum atomic E-state index is 3.67. The molecule has 1 aromatic carbocycles. The van der Waals surface area contributed by atoms with Crippen molar-refractivity contribution < 1.29 is 0 Å². The van der Waals surface area contributed by atoms with Crippen LogP contribution in [0.15, 0.2) is 61.2 Å². The lowest BCUT2D eigenvalue weighted by molar-refractivity contribution is 0.736. The molecule has 0 fully saturated rings. The molecule has 0 saturated heterocycles. The van der Waals surface area contributed by atoms with Crippen molar-refractivity contribution in [1.29, 1.82) is 0 Å². The number of nitrogens with zero attached hydrogens (tertiary/aromatic N) is 2. The minimum Gasteiger partial charge on any atom is -0.245 e. The molecule has 112 valence electrons. The predicted octanol–water partition coefficient (Wildman–Crippen LogP) is 5.49. The Balaban J connectivity index is 0. The zero-order chi connectivity index (χ0) is 15.6. The van der Waals surface area contributed by atoms with E-state index < -0.39 is 0 Å². The van der Waals surface area contributed by atoms with Crippen molar-refractivity contribution in [2.24, 2.45) is 11.8 Å². The second kappa shape index (κ2) is 17.3. The third-order valence-corrected chi connectivity index (χ3v) is 1.14. The molecule has 0 amide bonds. The molecule has 0 aliphatic heterocycles. The van der Waals surface area contributed by atoms with Gasteiger partial charge in [-0.25, -0.2) is 9.97 Å². The van der Waals surface area contributed by atoms with Crippen LogP contribution in [-0.2, 0) is 0 Å². The van der Waals surface area contributed by atoms with Gasteiger partial charge in [-0.1, -0.05) is 77.9 Å². The van der Waals surface area contributed by atoms with Gasteiger partial charge in [-0.15, -0.1) is 0 Å².